The molecule has 0 amide bonds. The Morgan fingerprint density at radius 3 is 2.43 bits per heavy atom. The van der Waals surface area contributed by atoms with Gasteiger partial charge in [0.1, 0.15) is 0 Å². The van der Waals surface area contributed by atoms with E-state index in [1.54, 1.807) is 41.0 Å². The molecule has 0 N–H and O–H groups in total. The molecule has 5 rings (SSSR count). The molecule has 0 spiro atoms. The average molecular weight is 396 g/mol. The zero-order valence-electron chi connectivity index (χ0n) is 15.2. The monoisotopic (exact) mass is 396 g/mol. The lowest BCUT2D eigenvalue weighted by molar-refractivity contribution is 0.202. The van der Waals surface area contributed by atoms with Gasteiger partial charge < -0.3 is 4.52 Å². The molecule has 2 bridgehead atoms. The predicted octanol–water partition coefficient (Wildman–Crippen LogP) is 3.23. The Kier molecular flexibility index (Phi) is 4.25. The van der Waals surface area contributed by atoms with Gasteiger partial charge in [0.15, 0.2) is 0 Å². The Hall–Kier alpha value is -2.58. The van der Waals surface area contributed by atoms with Crippen LogP contribution in [0.3, 0.4) is 0 Å². The maximum Gasteiger partial charge on any atom is 0.243 e. The molecule has 3 aromatic rings. The number of nitrogens with zero attached hydrogens (tertiary/aromatic N) is 4. The van der Waals surface area contributed by atoms with Crippen molar-refractivity contribution in [3.8, 4) is 11.4 Å². The molecule has 4 heterocycles. The quantitative estimate of drug-likeness (QED) is 0.673. The fourth-order valence-corrected chi connectivity index (χ4v) is 6.37. The minimum atomic E-state index is -3.48. The van der Waals surface area contributed by atoms with E-state index in [4.69, 9.17) is 4.52 Å². The number of benzene rings is 1. The summed E-state index contributed by atoms with van der Waals surface area (Å²) in [5, 5.41) is 4.09. The van der Waals surface area contributed by atoms with E-state index < -0.39 is 10.0 Å². The van der Waals surface area contributed by atoms with Gasteiger partial charge in [0.05, 0.1) is 4.90 Å². The third-order valence-corrected chi connectivity index (χ3v) is 7.71. The van der Waals surface area contributed by atoms with E-state index in [0.29, 0.717) is 29.5 Å². The lowest BCUT2D eigenvalue weighted by atomic mass is 9.92. The molecule has 2 aromatic heterocycles. The lowest BCUT2D eigenvalue weighted by Gasteiger charge is -2.36. The molecule has 1 aromatic carbocycles. The van der Waals surface area contributed by atoms with Crippen LogP contribution in [0.1, 0.15) is 37.5 Å². The summed E-state index contributed by atoms with van der Waals surface area (Å²) in [4.78, 5) is 9.01. The van der Waals surface area contributed by atoms with Gasteiger partial charge in [-0.25, -0.2) is 8.42 Å². The van der Waals surface area contributed by atoms with E-state index in [0.717, 1.165) is 18.4 Å². The van der Waals surface area contributed by atoms with Gasteiger partial charge in [0, 0.05) is 36.0 Å². The van der Waals surface area contributed by atoms with Gasteiger partial charge >= 0.3 is 0 Å². The molecule has 144 valence electrons. The van der Waals surface area contributed by atoms with Crippen molar-refractivity contribution in [3.05, 3.63) is 60.7 Å². The first-order chi connectivity index (χ1) is 13.6. The fourth-order valence-electron chi connectivity index (χ4n) is 4.46. The molecular formula is C20H20N4O3S. The van der Waals surface area contributed by atoms with Crippen LogP contribution in [-0.2, 0) is 10.0 Å². The van der Waals surface area contributed by atoms with Crippen LogP contribution < -0.4 is 0 Å². The summed E-state index contributed by atoms with van der Waals surface area (Å²) in [5.74, 6) is 1.19. The Bertz CT molecular complexity index is 1060. The van der Waals surface area contributed by atoms with Crippen LogP contribution in [0.2, 0.25) is 0 Å². The number of hydrogen-bond donors (Lipinski definition) is 0. The molecule has 0 aliphatic carbocycles. The van der Waals surface area contributed by atoms with E-state index in [1.165, 1.54) is 0 Å². The van der Waals surface area contributed by atoms with Crippen LogP contribution in [0.15, 0.2) is 64.3 Å². The first-order valence-corrected chi connectivity index (χ1v) is 10.9. The van der Waals surface area contributed by atoms with E-state index in [9.17, 15) is 8.42 Å². The minimum Gasteiger partial charge on any atom is -0.339 e. The molecule has 2 fully saturated rings. The van der Waals surface area contributed by atoms with Crippen molar-refractivity contribution in [3.63, 3.8) is 0 Å². The summed E-state index contributed by atoms with van der Waals surface area (Å²) < 4.78 is 33.5. The molecule has 0 radical (unpaired) electrons. The second-order valence-corrected chi connectivity index (χ2v) is 9.24. The summed E-state index contributed by atoms with van der Waals surface area (Å²) in [6.07, 6.45) is 6.56. The van der Waals surface area contributed by atoms with Crippen molar-refractivity contribution in [2.24, 2.45) is 0 Å². The molecule has 2 aliphatic rings. The van der Waals surface area contributed by atoms with Gasteiger partial charge in [-0.2, -0.15) is 9.29 Å². The number of hydrogen-bond acceptors (Lipinski definition) is 6. The van der Waals surface area contributed by atoms with Crippen LogP contribution in [0.5, 0.6) is 0 Å². The summed E-state index contributed by atoms with van der Waals surface area (Å²) in [5.41, 5.74) is 0.810. The number of aromatic nitrogens is 3. The van der Waals surface area contributed by atoms with E-state index in [2.05, 4.69) is 15.1 Å². The number of piperidine rings is 1. The molecule has 2 saturated heterocycles. The van der Waals surface area contributed by atoms with Gasteiger partial charge in [0.25, 0.3) is 0 Å². The lowest BCUT2D eigenvalue weighted by Crippen LogP contribution is -2.45. The van der Waals surface area contributed by atoms with Crippen molar-refractivity contribution < 1.29 is 12.9 Å². The number of sulfonamides is 1. The topological polar surface area (TPSA) is 89.2 Å². The standard InChI is InChI=1S/C20H20N4O3S/c25-28(26,18-6-2-1-3-7-18)24-16-8-9-17(24)12-15(11-16)20-22-19(23-27-20)14-5-4-10-21-13-14/h1-7,10,13,15-17H,8-9,11-12H2/t15?,16-,17+. The Morgan fingerprint density at radius 1 is 1.00 bits per heavy atom. The molecule has 2 aliphatic heterocycles. The Balaban J connectivity index is 1.39. The molecule has 1 unspecified atom stereocenters. The number of fused-ring (bicyclic) bond motifs is 2. The summed E-state index contributed by atoms with van der Waals surface area (Å²) in [6.45, 7) is 0. The van der Waals surface area contributed by atoms with Crippen LogP contribution in [0.25, 0.3) is 11.4 Å². The highest BCUT2D eigenvalue weighted by Crippen LogP contribution is 2.45. The summed E-state index contributed by atoms with van der Waals surface area (Å²) in [6, 6.07) is 12.4. The predicted molar refractivity (Wildman–Crippen MR) is 102 cm³/mol. The van der Waals surface area contributed by atoms with Crippen molar-refractivity contribution >= 4 is 10.0 Å². The molecule has 3 atom stereocenters. The highest BCUT2D eigenvalue weighted by atomic mass is 32.2. The third-order valence-electron chi connectivity index (χ3n) is 5.70. The minimum absolute atomic E-state index is 0.0253. The number of rotatable bonds is 4. The van der Waals surface area contributed by atoms with Crippen molar-refractivity contribution in [2.75, 3.05) is 0 Å². The largest absolute Gasteiger partial charge is 0.339 e. The van der Waals surface area contributed by atoms with Crippen LogP contribution in [0, 0.1) is 0 Å². The van der Waals surface area contributed by atoms with Crippen LogP contribution in [-0.4, -0.2) is 39.9 Å². The van der Waals surface area contributed by atoms with Gasteiger partial charge in [-0.15, -0.1) is 0 Å². The van der Waals surface area contributed by atoms with Gasteiger partial charge in [0.2, 0.25) is 21.7 Å². The highest BCUT2D eigenvalue weighted by molar-refractivity contribution is 7.89. The fraction of sp³-hybridized carbons (Fsp3) is 0.350. The van der Waals surface area contributed by atoms with Gasteiger partial charge in [-0.3, -0.25) is 4.98 Å². The van der Waals surface area contributed by atoms with Gasteiger partial charge in [-0.05, 0) is 49.9 Å². The molecule has 0 saturated carbocycles. The van der Waals surface area contributed by atoms with Crippen molar-refractivity contribution in [1.82, 2.24) is 19.4 Å². The first-order valence-electron chi connectivity index (χ1n) is 9.45. The van der Waals surface area contributed by atoms with Crippen LogP contribution in [0.4, 0.5) is 0 Å². The van der Waals surface area contributed by atoms with Crippen molar-refractivity contribution in [1.29, 1.82) is 0 Å². The zero-order chi connectivity index (χ0) is 19.1. The van der Waals surface area contributed by atoms with Gasteiger partial charge in [-0.1, -0.05) is 23.4 Å². The molecule has 8 heteroatoms. The van der Waals surface area contributed by atoms with E-state index in [1.807, 2.05) is 18.2 Å². The Morgan fingerprint density at radius 2 is 1.75 bits per heavy atom. The molecule has 7 nitrogen and oxygen atoms in total. The smallest absolute Gasteiger partial charge is 0.243 e. The van der Waals surface area contributed by atoms with Crippen LogP contribution >= 0.6 is 0 Å². The normalized spacial score (nSPS) is 25.1. The van der Waals surface area contributed by atoms with E-state index >= 15 is 0 Å². The zero-order valence-corrected chi connectivity index (χ0v) is 16.0. The maximum absolute atomic E-state index is 13.1. The Labute approximate surface area is 163 Å². The summed E-state index contributed by atoms with van der Waals surface area (Å²) in [7, 11) is -3.48. The average Bonchev–Trinajstić information content (AvgIpc) is 3.33. The second-order valence-electron chi connectivity index (χ2n) is 7.40. The highest BCUT2D eigenvalue weighted by Gasteiger charge is 2.48. The first kappa shape index (κ1) is 17.5. The molecular weight excluding hydrogens is 376 g/mol. The third kappa shape index (κ3) is 2.93. The SMILES string of the molecule is O=S(=O)(c1ccccc1)N1[C@@H]2CC[C@H]1CC(c1nc(-c3cccnc3)no1)C2. The second kappa shape index (κ2) is 6.79. The number of pyridine rings is 1. The summed E-state index contributed by atoms with van der Waals surface area (Å²) >= 11 is 0. The molecule has 28 heavy (non-hydrogen) atoms. The van der Waals surface area contributed by atoms with E-state index in [-0.39, 0.29) is 18.0 Å². The maximum atomic E-state index is 13.1. The van der Waals surface area contributed by atoms with Crippen molar-refractivity contribution in [2.45, 2.75) is 48.6 Å².